The number of hydrogen-bond donors (Lipinski definition) is 0. The fourth-order valence-electron chi connectivity index (χ4n) is 4.23. The zero-order valence-electron chi connectivity index (χ0n) is 19.1. The summed E-state index contributed by atoms with van der Waals surface area (Å²) >= 11 is 11.9. The number of pyridine rings is 1. The van der Waals surface area contributed by atoms with E-state index in [1.54, 1.807) is 35.3 Å². The van der Waals surface area contributed by atoms with Gasteiger partial charge in [-0.3, -0.25) is 14.5 Å². The van der Waals surface area contributed by atoms with Crippen molar-refractivity contribution < 1.29 is 13.2 Å². The molecule has 36 heavy (non-hydrogen) atoms. The van der Waals surface area contributed by atoms with E-state index >= 15 is 0 Å². The molecule has 0 saturated carbocycles. The Morgan fingerprint density at radius 2 is 1.58 bits per heavy atom. The SMILES string of the molecule is FC(F)(F)c1cccc(N2CCN(Cn3nc(-c4ccncc4)n(-c4ccc(Cl)cc4)c3=S)CC2)c1. The van der Waals surface area contributed by atoms with Crippen molar-refractivity contribution in [2.45, 2.75) is 12.8 Å². The zero-order valence-corrected chi connectivity index (χ0v) is 20.6. The minimum absolute atomic E-state index is 0.466. The second-order valence-electron chi connectivity index (χ2n) is 8.45. The first kappa shape index (κ1) is 24.5. The van der Waals surface area contributed by atoms with Crippen molar-refractivity contribution in [2.24, 2.45) is 0 Å². The zero-order chi connectivity index (χ0) is 25.3. The highest BCUT2D eigenvalue weighted by Gasteiger charge is 2.31. The fourth-order valence-corrected chi connectivity index (χ4v) is 4.64. The van der Waals surface area contributed by atoms with Crippen molar-refractivity contribution in [1.82, 2.24) is 24.2 Å². The van der Waals surface area contributed by atoms with E-state index in [0.717, 1.165) is 17.3 Å². The summed E-state index contributed by atoms with van der Waals surface area (Å²) in [6.45, 7) is 2.99. The van der Waals surface area contributed by atoms with E-state index in [0.29, 0.717) is 54.2 Å². The summed E-state index contributed by atoms with van der Waals surface area (Å²) in [5.41, 5.74) is 1.66. The first-order valence-corrected chi connectivity index (χ1v) is 12.1. The van der Waals surface area contributed by atoms with Gasteiger partial charge in [-0.2, -0.15) is 13.2 Å². The van der Waals surface area contributed by atoms with Gasteiger partial charge in [-0.15, -0.1) is 5.10 Å². The van der Waals surface area contributed by atoms with Gasteiger partial charge in [-0.05, 0) is 66.8 Å². The normalized spacial score (nSPS) is 14.8. The maximum Gasteiger partial charge on any atom is 0.416 e. The Kier molecular flexibility index (Phi) is 6.83. The van der Waals surface area contributed by atoms with Crippen LogP contribution >= 0.6 is 23.8 Å². The van der Waals surface area contributed by atoms with Gasteiger partial charge in [0.25, 0.3) is 0 Å². The van der Waals surface area contributed by atoms with Crippen LogP contribution in [0.2, 0.25) is 5.02 Å². The molecule has 1 fully saturated rings. The van der Waals surface area contributed by atoms with Gasteiger partial charge in [-0.25, -0.2) is 4.68 Å². The number of aromatic nitrogens is 4. The molecule has 0 bridgehead atoms. The number of rotatable bonds is 5. The lowest BCUT2D eigenvalue weighted by molar-refractivity contribution is -0.137. The van der Waals surface area contributed by atoms with E-state index in [1.807, 2.05) is 33.7 Å². The second kappa shape index (κ2) is 10.0. The van der Waals surface area contributed by atoms with E-state index in [2.05, 4.69) is 9.88 Å². The monoisotopic (exact) mass is 530 g/mol. The molecule has 2 aromatic carbocycles. The summed E-state index contributed by atoms with van der Waals surface area (Å²) in [7, 11) is 0. The van der Waals surface area contributed by atoms with E-state index in [4.69, 9.17) is 28.9 Å². The minimum Gasteiger partial charge on any atom is -0.369 e. The van der Waals surface area contributed by atoms with Crippen LogP contribution in [0, 0.1) is 4.77 Å². The Morgan fingerprint density at radius 3 is 2.25 bits per heavy atom. The molecule has 0 atom stereocenters. The van der Waals surface area contributed by atoms with Crippen LogP contribution in [0.15, 0.2) is 73.1 Å². The van der Waals surface area contributed by atoms with E-state index in [9.17, 15) is 13.2 Å². The number of alkyl halides is 3. The largest absolute Gasteiger partial charge is 0.416 e. The fraction of sp³-hybridized carbons (Fsp3) is 0.240. The molecule has 11 heteroatoms. The number of hydrogen-bond acceptors (Lipinski definition) is 5. The molecule has 0 amide bonds. The van der Waals surface area contributed by atoms with Gasteiger partial charge in [0.2, 0.25) is 4.77 Å². The summed E-state index contributed by atoms with van der Waals surface area (Å²) in [6.07, 6.45) is -0.947. The molecule has 0 unspecified atom stereocenters. The minimum atomic E-state index is -4.36. The van der Waals surface area contributed by atoms with Crippen molar-refractivity contribution >= 4 is 29.5 Å². The lowest BCUT2D eigenvalue weighted by Crippen LogP contribution is -2.47. The molecule has 6 nitrogen and oxygen atoms in total. The molecule has 0 radical (unpaired) electrons. The third-order valence-corrected chi connectivity index (χ3v) is 6.75. The Balaban J connectivity index is 1.36. The molecule has 1 aliphatic heterocycles. The summed E-state index contributed by atoms with van der Waals surface area (Å²) in [6, 6.07) is 16.6. The first-order valence-electron chi connectivity index (χ1n) is 11.3. The maximum atomic E-state index is 13.1. The van der Waals surface area contributed by atoms with Crippen LogP contribution in [0.1, 0.15) is 5.56 Å². The number of anilines is 1. The summed E-state index contributed by atoms with van der Waals surface area (Å²) in [4.78, 5) is 8.26. The van der Waals surface area contributed by atoms with E-state index < -0.39 is 11.7 Å². The number of halogens is 4. The lowest BCUT2D eigenvalue weighted by Gasteiger charge is -2.36. The van der Waals surface area contributed by atoms with Gasteiger partial charge >= 0.3 is 6.18 Å². The van der Waals surface area contributed by atoms with Crippen LogP contribution in [-0.4, -0.2) is 50.4 Å². The Bertz CT molecular complexity index is 1390. The van der Waals surface area contributed by atoms with Crippen LogP contribution in [0.4, 0.5) is 18.9 Å². The molecule has 1 saturated heterocycles. The molecule has 1 aliphatic rings. The number of piperazine rings is 1. The van der Waals surface area contributed by atoms with Crippen molar-refractivity contribution in [2.75, 3.05) is 31.1 Å². The van der Waals surface area contributed by atoms with Crippen molar-refractivity contribution in [3.63, 3.8) is 0 Å². The summed E-state index contributed by atoms with van der Waals surface area (Å²) in [5, 5.41) is 5.45. The molecule has 186 valence electrons. The van der Waals surface area contributed by atoms with Gasteiger partial charge in [-0.1, -0.05) is 17.7 Å². The lowest BCUT2D eigenvalue weighted by atomic mass is 10.1. The van der Waals surface area contributed by atoms with Crippen LogP contribution in [-0.2, 0) is 12.8 Å². The van der Waals surface area contributed by atoms with Crippen LogP contribution in [0.5, 0.6) is 0 Å². The summed E-state index contributed by atoms with van der Waals surface area (Å²) in [5.74, 6) is 0.687. The van der Waals surface area contributed by atoms with Crippen molar-refractivity contribution in [1.29, 1.82) is 0 Å². The molecule has 5 rings (SSSR count). The van der Waals surface area contributed by atoms with Crippen LogP contribution < -0.4 is 4.90 Å². The third kappa shape index (κ3) is 5.16. The molecule has 0 aliphatic carbocycles. The quantitative estimate of drug-likeness (QED) is 0.300. The molecule has 0 N–H and O–H groups in total. The predicted molar refractivity (Wildman–Crippen MR) is 136 cm³/mol. The molecular weight excluding hydrogens is 509 g/mol. The highest BCUT2D eigenvalue weighted by Crippen LogP contribution is 2.32. The molecule has 4 aromatic rings. The van der Waals surface area contributed by atoms with Gasteiger partial charge in [0, 0.05) is 54.8 Å². The molecule has 0 spiro atoms. The topological polar surface area (TPSA) is 42.1 Å². The number of nitrogens with zero attached hydrogens (tertiary/aromatic N) is 6. The average molecular weight is 531 g/mol. The molecule has 3 heterocycles. The van der Waals surface area contributed by atoms with E-state index in [1.165, 1.54) is 12.1 Å². The van der Waals surface area contributed by atoms with Gasteiger partial charge in [0.05, 0.1) is 17.9 Å². The second-order valence-corrected chi connectivity index (χ2v) is 9.25. The highest BCUT2D eigenvalue weighted by molar-refractivity contribution is 7.71. The Morgan fingerprint density at radius 1 is 0.889 bits per heavy atom. The van der Waals surface area contributed by atoms with E-state index in [-0.39, 0.29) is 0 Å². The first-order chi connectivity index (χ1) is 17.3. The average Bonchev–Trinajstić information content (AvgIpc) is 3.21. The molecular formula is C25H22ClF3N6S. The van der Waals surface area contributed by atoms with Gasteiger partial charge < -0.3 is 4.90 Å². The van der Waals surface area contributed by atoms with Gasteiger partial charge in [0.1, 0.15) is 0 Å². The number of benzene rings is 2. The van der Waals surface area contributed by atoms with Crippen molar-refractivity contribution in [3.05, 3.63) is 88.4 Å². The molecule has 2 aromatic heterocycles. The van der Waals surface area contributed by atoms with Gasteiger partial charge in [0.15, 0.2) is 5.82 Å². The summed E-state index contributed by atoms with van der Waals surface area (Å²) < 4.78 is 43.6. The Labute approximate surface area is 216 Å². The van der Waals surface area contributed by atoms with Crippen LogP contribution in [0.25, 0.3) is 17.1 Å². The Hall–Kier alpha value is -3.21. The van der Waals surface area contributed by atoms with Crippen LogP contribution in [0.3, 0.4) is 0 Å². The smallest absolute Gasteiger partial charge is 0.369 e. The third-order valence-electron chi connectivity index (χ3n) is 6.11. The predicted octanol–water partition coefficient (Wildman–Crippen LogP) is 5.92. The highest BCUT2D eigenvalue weighted by atomic mass is 35.5. The van der Waals surface area contributed by atoms with Crippen molar-refractivity contribution in [3.8, 4) is 17.1 Å². The standard InChI is InChI=1S/C25H22ClF3N6S/c26-20-4-6-21(7-5-20)35-23(18-8-10-30-11-9-18)31-34(24(35)36)17-32-12-14-33(15-13-32)22-3-1-2-19(16-22)25(27,28)29/h1-11,16H,12-15,17H2. The maximum absolute atomic E-state index is 13.1.